The molecule has 2 rings (SSSR count). The van der Waals surface area contributed by atoms with Crippen LogP contribution in [0.4, 0.5) is 4.39 Å². The zero-order valence-corrected chi connectivity index (χ0v) is 35.8. The van der Waals surface area contributed by atoms with Crippen LogP contribution in [-0.2, 0) is 24.3 Å². The molecule has 0 radical (unpaired) electrons. The van der Waals surface area contributed by atoms with Crippen LogP contribution < -0.4 is 5.32 Å². The van der Waals surface area contributed by atoms with Crippen LogP contribution in [-0.4, -0.2) is 24.1 Å². The summed E-state index contributed by atoms with van der Waals surface area (Å²) < 4.78 is 12.7. The maximum Gasteiger partial charge on any atom is 0.251 e. The number of halogens is 1. The van der Waals surface area contributed by atoms with Crippen molar-refractivity contribution in [3.8, 4) is 0 Å². The molecule has 0 bridgehead atoms. The van der Waals surface area contributed by atoms with Crippen LogP contribution in [0.3, 0.4) is 0 Å². The Bertz CT molecular complexity index is 1310. The number of alkyl halides is 1. The molecule has 0 saturated carbocycles. The Morgan fingerprint density at radius 2 is 1.38 bits per heavy atom. The van der Waals surface area contributed by atoms with Crippen molar-refractivity contribution in [2.24, 2.45) is 5.41 Å². The number of thioether (sulfide) groups is 1. The third-order valence-electron chi connectivity index (χ3n) is 8.06. The van der Waals surface area contributed by atoms with Gasteiger partial charge in [0.25, 0.3) is 5.91 Å². The first kappa shape index (κ1) is 51.4. The van der Waals surface area contributed by atoms with Crippen molar-refractivity contribution in [1.29, 1.82) is 5.41 Å². The molecule has 0 unspecified atom stereocenters. The summed E-state index contributed by atoms with van der Waals surface area (Å²) in [5.41, 5.74) is 10.3. The van der Waals surface area contributed by atoms with E-state index in [0.29, 0.717) is 23.4 Å². The number of benzene rings is 2. The number of nitrogens with one attached hydrogen (secondary N) is 2. The molecule has 0 aliphatic rings. The topological polar surface area (TPSA) is 53.0 Å². The number of amides is 1. The molecule has 284 valence electrons. The van der Waals surface area contributed by atoms with E-state index in [1.807, 2.05) is 66.2 Å². The van der Waals surface area contributed by atoms with Gasteiger partial charge in [0.2, 0.25) is 0 Å². The van der Waals surface area contributed by atoms with Crippen LogP contribution in [0.25, 0.3) is 5.70 Å². The minimum absolute atomic E-state index is 0.160. The molecule has 0 atom stereocenters. The fourth-order valence-electron chi connectivity index (χ4n) is 4.29. The standard InChI is InChI=1S/C21H30N2O.C16H23F.C4H10.C2H6S.C2H6/c1-7-9-18-12-11-14(3)13-19(18)17(6)23-21(24)16(5)15(4)20(22)10-8-2;1-12-6-8-14(10-15(12)11-17)9-7-13(2)16(3,4)5;1-3-4-2;1-3-2;1-2/h11-13,22H,6-10H2,1-5H3,(H,23,24);6,8,10H,2,7,9,11H2,1,3-5H3;3-4H2,1-2H3;1-2H3;1-2H3/b16-15+,22-20?;;;;. The summed E-state index contributed by atoms with van der Waals surface area (Å²) in [5, 5.41) is 10.9. The molecule has 50 heavy (non-hydrogen) atoms. The molecule has 0 aromatic heterocycles. The highest BCUT2D eigenvalue weighted by Crippen LogP contribution is 2.27. The van der Waals surface area contributed by atoms with Crippen LogP contribution in [0, 0.1) is 24.7 Å². The number of hydrogen-bond acceptors (Lipinski definition) is 3. The molecule has 0 heterocycles. The fourth-order valence-corrected chi connectivity index (χ4v) is 4.29. The first-order valence-electron chi connectivity index (χ1n) is 18.6. The molecule has 3 nitrogen and oxygen atoms in total. The number of carbonyl (C=O) groups is 1. The molecule has 2 aromatic rings. The molecule has 0 aliphatic heterocycles. The van der Waals surface area contributed by atoms with E-state index in [0.717, 1.165) is 59.9 Å². The van der Waals surface area contributed by atoms with E-state index in [-0.39, 0.29) is 18.0 Å². The lowest BCUT2D eigenvalue weighted by molar-refractivity contribution is -0.116. The Kier molecular flexibility index (Phi) is 30.6. The molecular weight excluding hydrogens is 636 g/mol. The van der Waals surface area contributed by atoms with Crippen molar-refractivity contribution < 1.29 is 9.18 Å². The summed E-state index contributed by atoms with van der Waals surface area (Å²) in [6, 6.07) is 12.3. The second-order valence-corrected chi connectivity index (χ2v) is 14.3. The summed E-state index contributed by atoms with van der Waals surface area (Å²) in [6.45, 7) is 34.5. The van der Waals surface area contributed by atoms with Crippen LogP contribution >= 0.6 is 11.8 Å². The summed E-state index contributed by atoms with van der Waals surface area (Å²) >= 11 is 1.75. The van der Waals surface area contributed by atoms with Gasteiger partial charge in [-0.15, -0.1) is 0 Å². The Labute approximate surface area is 313 Å². The molecule has 0 spiro atoms. The van der Waals surface area contributed by atoms with Gasteiger partial charge < -0.3 is 10.7 Å². The minimum atomic E-state index is -0.375. The maximum absolute atomic E-state index is 12.7. The van der Waals surface area contributed by atoms with Gasteiger partial charge in [-0.2, -0.15) is 11.8 Å². The van der Waals surface area contributed by atoms with E-state index in [4.69, 9.17) is 5.41 Å². The van der Waals surface area contributed by atoms with Crippen LogP contribution in [0.1, 0.15) is 148 Å². The van der Waals surface area contributed by atoms with E-state index in [9.17, 15) is 9.18 Å². The van der Waals surface area contributed by atoms with Gasteiger partial charge in [-0.3, -0.25) is 4.79 Å². The summed E-state index contributed by atoms with van der Waals surface area (Å²) in [4.78, 5) is 12.5. The summed E-state index contributed by atoms with van der Waals surface area (Å²) in [5.74, 6) is -0.178. The average molecular weight is 711 g/mol. The minimum Gasteiger partial charge on any atom is -0.322 e. The van der Waals surface area contributed by atoms with E-state index in [1.54, 1.807) is 18.7 Å². The molecule has 0 fully saturated rings. The number of rotatable bonds is 13. The Balaban J connectivity index is -0.000000736. The highest BCUT2D eigenvalue weighted by molar-refractivity contribution is 7.97. The molecule has 1 amide bonds. The predicted molar refractivity (Wildman–Crippen MR) is 228 cm³/mol. The molecule has 0 aliphatic carbocycles. The highest BCUT2D eigenvalue weighted by atomic mass is 32.2. The highest BCUT2D eigenvalue weighted by Gasteiger charge is 2.15. The third-order valence-corrected chi connectivity index (χ3v) is 8.06. The normalized spacial score (nSPS) is 10.6. The Hall–Kier alpha value is -2.92. The van der Waals surface area contributed by atoms with Gasteiger partial charge in [0.05, 0.1) is 0 Å². The predicted octanol–water partition coefficient (Wildman–Crippen LogP) is 14.0. The molecule has 2 N–H and O–H groups in total. The molecule has 5 heteroatoms. The van der Waals surface area contributed by atoms with Crippen LogP contribution in [0.15, 0.2) is 66.3 Å². The SMILES string of the molecule is C=C(CCc1ccc(C)c(CF)c1)C(C)(C)C.C=C(NC(=O)/C(C)=C(\C)C(=N)CCC)c1cc(C)ccc1CCC.CC.CCCC.CSC. The maximum atomic E-state index is 12.7. The van der Waals surface area contributed by atoms with E-state index in [1.165, 1.54) is 29.5 Å². The lowest BCUT2D eigenvalue weighted by atomic mass is 9.84. The number of hydrogen-bond donors (Lipinski definition) is 2. The quantitative estimate of drug-likeness (QED) is 0.123. The van der Waals surface area contributed by atoms with Crippen molar-refractivity contribution in [3.05, 3.63) is 99.7 Å². The van der Waals surface area contributed by atoms with Crippen LogP contribution in [0.2, 0.25) is 0 Å². The zero-order chi connectivity index (χ0) is 39.4. The Morgan fingerprint density at radius 3 is 1.84 bits per heavy atom. The van der Waals surface area contributed by atoms with Crippen molar-refractivity contribution in [2.45, 2.75) is 148 Å². The smallest absolute Gasteiger partial charge is 0.251 e. The van der Waals surface area contributed by atoms with Gasteiger partial charge in [-0.1, -0.05) is 143 Å². The van der Waals surface area contributed by atoms with Gasteiger partial charge in [-0.25, -0.2) is 4.39 Å². The fraction of sp³-hybridized carbons (Fsp3) is 0.556. The van der Waals surface area contributed by atoms with Crippen molar-refractivity contribution in [1.82, 2.24) is 5.32 Å². The van der Waals surface area contributed by atoms with E-state index >= 15 is 0 Å². The number of allylic oxidation sites excluding steroid dienone is 2. The van der Waals surface area contributed by atoms with E-state index < -0.39 is 0 Å². The van der Waals surface area contributed by atoms with Crippen molar-refractivity contribution in [2.75, 3.05) is 12.5 Å². The first-order valence-corrected chi connectivity index (χ1v) is 20.2. The zero-order valence-electron chi connectivity index (χ0n) is 34.9. The van der Waals surface area contributed by atoms with Gasteiger partial charge in [0.15, 0.2) is 0 Å². The average Bonchev–Trinajstić information content (AvgIpc) is 3.09. The lowest BCUT2D eigenvalue weighted by Gasteiger charge is -2.21. The van der Waals surface area contributed by atoms with Gasteiger partial charge >= 0.3 is 0 Å². The second-order valence-electron chi connectivity index (χ2n) is 13.5. The van der Waals surface area contributed by atoms with Gasteiger partial charge in [0, 0.05) is 22.5 Å². The second kappa shape index (κ2) is 29.8. The van der Waals surface area contributed by atoms with Crippen molar-refractivity contribution in [3.63, 3.8) is 0 Å². The molecular formula is C45H75FN2OS. The van der Waals surface area contributed by atoms with Gasteiger partial charge in [0.1, 0.15) is 6.67 Å². The molecule has 0 saturated heterocycles. The van der Waals surface area contributed by atoms with Crippen molar-refractivity contribution >= 4 is 29.1 Å². The van der Waals surface area contributed by atoms with E-state index in [2.05, 4.69) is 84.3 Å². The lowest BCUT2D eigenvalue weighted by Crippen LogP contribution is -2.24. The third kappa shape index (κ3) is 22.0. The summed E-state index contributed by atoms with van der Waals surface area (Å²) in [6.07, 6.45) is 12.2. The Morgan fingerprint density at radius 1 is 0.820 bits per heavy atom. The monoisotopic (exact) mass is 711 g/mol. The number of unbranched alkanes of at least 4 members (excludes halogenated alkanes) is 1. The van der Waals surface area contributed by atoms with Crippen LogP contribution in [0.5, 0.6) is 0 Å². The number of aryl methyl sites for hydroxylation is 4. The first-order chi connectivity index (χ1) is 23.5. The number of carbonyl (C=O) groups excluding carboxylic acids is 1. The summed E-state index contributed by atoms with van der Waals surface area (Å²) in [7, 11) is 0. The molecule has 2 aromatic carbocycles. The van der Waals surface area contributed by atoms with Gasteiger partial charge in [-0.05, 0) is 105 Å². The largest absolute Gasteiger partial charge is 0.322 e.